The number of anilines is 1. The van der Waals surface area contributed by atoms with Gasteiger partial charge in [-0.1, -0.05) is 17.7 Å². The summed E-state index contributed by atoms with van der Waals surface area (Å²) in [6.45, 7) is 3.82. The van der Waals surface area contributed by atoms with Gasteiger partial charge < -0.3 is 10.1 Å². The number of thioether (sulfide) groups is 1. The van der Waals surface area contributed by atoms with Crippen LogP contribution in [0.15, 0.2) is 24.3 Å². The number of carbonyl (C=O) groups is 2. The Bertz CT molecular complexity index is 431. The lowest BCUT2D eigenvalue weighted by Crippen LogP contribution is -2.23. The highest BCUT2D eigenvalue weighted by atomic mass is 32.2. The summed E-state index contributed by atoms with van der Waals surface area (Å²) in [5.41, 5.74) is 1.94. The number of nitrogens with one attached hydrogen (secondary N) is 1. The molecule has 0 radical (unpaired) electrons. The van der Waals surface area contributed by atoms with E-state index < -0.39 is 0 Å². The number of aryl methyl sites for hydroxylation is 1. The quantitative estimate of drug-likeness (QED) is 0.814. The van der Waals surface area contributed by atoms with Crippen LogP contribution in [0.2, 0.25) is 0 Å². The van der Waals surface area contributed by atoms with E-state index in [1.807, 2.05) is 38.1 Å². The van der Waals surface area contributed by atoms with Crippen molar-refractivity contribution < 1.29 is 14.3 Å². The summed E-state index contributed by atoms with van der Waals surface area (Å²) in [7, 11) is 1.36. The Hall–Kier alpha value is -1.49. The average molecular weight is 281 g/mol. The SMILES string of the molecule is COC(=O)CCS[C@H](C)C(=O)Nc1ccc(C)cc1. The van der Waals surface area contributed by atoms with Crippen molar-refractivity contribution in [1.82, 2.24) is 0 Å². The molecule has 104 valence electrons. The normalized spacial score (nSPS) is 11.7. The third-order valence-electron chi connectivity index (χ3n) is 2.59. The summed E-state index contributed by atoms with van der Waals surface area (Å²) in [4.78, 5) is 22.8. The predicted octanol–water partition coefficient (Wildman–Crippen LogP) is 2.62. The smallest absolute Gasteiger partial charge is 0.306 e. The van der Waals surface area contributed by atoms with Crippen LogP contribution < -0.4 is 5.32 Å². The van der Waals surface area contributed by atoms with Gasteiger partial charge in [0.05, 0.1) is 18.8 Å². The van der Waals surface area contributed by atoms with Gasteiger partial charge in [-0.05, 0) is 26.0 Å². The summed E-state index contributed by atoms with van der Waals surface area (Å²) < 4.78 is 4.55. The Morgan fingerprint density at radius 1 is 1.32 bits per heavy atom. The van der Waals surface area contributed by atoms with Crippen molar-refractivity contribution in [1.29, 1.82) is 0 Å². The lowest BCUT2D eigenvalue weighted by atomic mass is 10.2. The summed E-state index contributed by atoms with van der Waals surface area (Å²) in [6, 6.07) is 7.65. The van der Waals surface area contributed by atoms with E-state index in [0.29, 0.717) is 12.2 Å². The van der Waals surface area contributed by atoms with Crippen molar-refractivity contribution >= 4 is 29.3 Å². The van der Waals surface area contributed by atoms with Crippen molar-refractivity contribution in [3.63, 3.8) is 0 Å². The van der Waals surface area contributed by atoms with E-state index in [2.05, 4.69) is 10.1 Å². The van der Waals surface area contributed by atoms with Crippen LogP contribution in [0.1, 0.15) is 18.9 Å². The third kappa shape index (κ3) is 5.79. The number of methoxy groups -OCH3 is 1. The van der Waals surface area contributed by atoms with E-state index in [9.17, 15) is 9.59 Å². The third-order valence-corrected chi connectivity index (χ3v) is 3.74. The monoisotopic (exact) mass is 281 g/mol. The van der Waals surface area contributed by atoms with Crippen molar-refractivity contribution in [2.24, 2.45) is 0 Å². The Balaban J connectivity index is 2.36. The van der Waals surface area contributed by atoms with Gasteiger partial charge in [0.1, 0.15) is 0 Å². The molecule has 1 amide bonds. The zero-order valence-corrected chi connectivity index (χ0v) is 12.3. The lowest BCUT2D eigenvalue weighted by molar-refractivity contribution is -0.140. The maximum absolute atomic E-state index is 11.9. The van der Waals surface area contributed by atoms with Crippen molar-refractivity contribution in [3.05, 3.63) is 29.8 Å². The number of hydrogen-bond donors (Lipinski definition) is 1. The molecule has 1 N–H and O–H groups in total. The molecule has 0 spiro atoms. The van der Waals surface area contributed by atoms with Gasteiger partial charge in [0.25, 0.3) is 0 Å². The Morgan fingerprint density at radius 2 is 1.95 bits per heavy atom. The largest absolute Gasteiger partial charge is 0.469 e. The molecule has 1 aromatic carbocycles. The minimum Gasteiger partial charge on any atom is -0.469 e. The number of esters is 1. The fourth-order valence-electron chi connectivity index (χ4n) is 1.38. The van der Waals surface area contributed by atoms with Gasteiger partial charge in [0.2, 0.25) is 5.91 Å². The number of hydrogen-bond acceptors (Lipinski definition) is 4. The van der Waals surface area contributed by atoms with Crippen LogP contribution in [0, 0.1) is 6.92 Å². The van der Waals surface area contributed by atoms with Crippen molar-refractivity contribution in [2.45, 2.75) is 25.5 Å². The van der Waals surface area contributed by atoms with Gasteiger partial charge in [-0.25, -0.2) is 0 Å². The van der Waals surface area contributed by atoms with Gasteiger partial charge in [0.15, 0.2) is 0 Å². The van der Waals surface area contributed by atoms with Crippen LogP contribution in [0.25, 0.3) is 0 Å². The highest BCUT2D eigenvalue weighted by molar-refractivity contribution is 8.00. The highest BCUT2D eigenvalue weighted by Gasteiger charge is 2.14. The van der Waals surface area contributed by atoms with E-state index in [4.69, 9.17) is 0 Å². The second kappa shape index (κ2) is 7.84. The molecule has 0 heterocycles. The molecule has 0 fully saturated rings. The van der Waals surface area contributed by atoms with E-state index in [-0.39, 0.29) is 17.1 Å². The first kappa shape index (κ1) is 15.6. The van der Waals surface area contributed by atoms with Crippen molar-refractivity contribution in [2.75, 3.05) is 18.2 Å². The predicted molar refractivity (Wildman–Crippen MR) is 78.4 cm³/mol. The molecule has 0 aliphatic carbocycles. The maximum atomic E-state index is 11.9. The van der Waals surface area contributed by atoms with Crippen LogP contribution in [0.5, 0.6) is 0 Å². The second-order valence-corrected chi connectivity index (χ2v) is 5.64. The van der Waals surface area contributed by atoms with Crippen LogP contribution in [-0.2, 0) is 14.3 Å². The minimum absolute atomic E-state index is 0.0567. The molecule has 0 saturated carbocycles. The Kier molecular flexibility index (Phi) is 6.42. The fourth-order valence-corrected chi connectivity index (χ4v) is 2.23. The van der Waals surface area contributed by atoms with Gasteiger partial charge in [-0.3, -0.25) is 9.59 Å². The van der Waals surface area contributed by atoms with Gasteiger partial charge in [-0.15, -0.1) is 11.8 Å². The molecule has 4 nitrogen and oxygen atoms in total. The number of rotatable bonds is 6. The average Bonchev–Trinajstić information content (AvgIpc) is 2.40. The maximum Gasteiger partial charge on any atom is 0.306 e. The number of amides is 1. The van der Waals surface area contributed by atoms with Crippen LogP contribution in [0.3, 0.4) is 0 Å². The topological polar surface area (TPSA) is 55.4 Å². The van der Waals surface area contributed by atoms with E-state index in [1.165, 1.54) is 18.9 Å². The molecule has 0 unspecified atom stereocenters. The summed E-state index contributed by atoms with van der Waals surface area (Å²) in [5, 5.41) is 2.64. The molecule has 0 aliphatic heterocycles. The summed E-state index contributed by atoms with van der Waals surface area (Å²) in [6.07, 6.45) is 0.323. The Labute approximate surface area is 117 Å². The van der Waals surface area contributed by atoms with E-state index in [1.54, 1.807) is 0 Å². The lowest BCUT2D eigenvalue weighted by Gasteiger charge is -2.11. The van der Waals surface area contributed by atoms with Gasteiger partial charge >= 0.3 is 5.97 Å². The molecule has 0 saturated heterocycles. The Morgan fingerprint density at radius 3 is 2.53 bits per heavy atom. The molecule has 0 aromatic heterocycles. The highest BCUT2D eigenvalue weighted by Crippen LogP contribution is 2.15. The molecular formula is C14H19NO3S. The molecule has 0 bridgehead atoms. The molecule has 1 rings (SSSR count). The van der Waals surface area contributed by atoms with Gasteiger partial charge in [-0.2, -0.15) is 0 Å². The second-order valence-electron chi connectivity index (χ2n) is 4.19. The molecular weight excluding hydrogens is 262 g/mol. The first-order valence-corrected chi connectivity index (χ1v) is 7.13. The fraction of sp³-hybridized carbons (Fsp3) is 0.429. The zero-order chi connectivity index (χ0) is 14.3. The molecule has 19 heavy (non-hydrogen) atoms. The van der Waals surface area contributed by atoms with Crippen LogP contribution in [-0.4, -0.2) is 30.0 Å². The number of benzene rings is 1. The standard InChI is InChI=1S/C14H19NO3S/c1-10-4-6-12(7-5-10)15-14(17)11(2)19-9-8-13(16)18-3/h4-7,11H,8-9H2,1-3H3,(H,15,17)/t11-/m1/s1. The molecule has 0 aliphatic rings. The molecule has 5 heteroatoms. The first-order valence-electron chi connectivity index (χ1n) is 6.09. The van der Waals surface area contributed by atoms with E-state index in [0.717, 1.165) is 11.3 Å². The summed E-state index contributed by atoms with van der Waals surface area (Å²) in [5.74, 6) is 0.271. The number of ether oxygens (including phenoxy) is 1. The first-order chi connectivity index (χ1) is 9.02. The molecule has 1 aromatic rings. The summed E-state index contributed by atoms with van der Waals surface area (Å²) >= 11 is 1.44. The minimum atomic E-state index is -0.251. The van der Waals surface area contributed by atoms with Crippen molar-refractivity contribution in [3.8, 4) is 0 Å². The van der Waals surface area contributed by atoms with Crippen LogP contribution in [0.4, 0.5) is 5.69 Å². The molecule has 1 atom stereocenters. The van der Waals surface area contributed by atoms with E-state index >= 15 is 0 Å². The van der Waals surface area contributed by atoms with Crippen LogP contribution >= 0.6 is 11.8 Å². The van der Waals surface area contributed by atoms with Gasteiger partial charge in [0, 0.05) is 11.4 Å². The zero-order valence-electron chi connectivity index (χ0n) is 11.4. The number of carbonyl (C=O) groups excluding carboxylic acids is 2.